The number of rotatable bonds is 4. The van der Waals surface area contributed by atoms with Crippen molar-refractivity contribution in [2.24, 2.45) is 0 Å². The van der Waals surface area contributed by atoms with E-state index in [0.717, 1.165) is 37.4 Å². The fraction of sp³-hybridized carbons (Fsp3) is 0.529. The number of ether oxygens (including phenoxy) is 2. The normalized spacial score (nSPS) is 21.0. The molecule has 2 aliphatic rings. The Hall–Kier alpha value is -1.79. The van der Waals surface area contributed by atoms with Gasteiger partial charge >= 0.3 is 0 Å². The van der Waals surface area contributed by atoms with Gasteiger partial charge < -0.3 is 9.47 Å². The first-order chi connectivity index (χ1) is 11.8. The van der Waals surface area contributed by atoms with Crippen LogP contribution in [0, 0.1) is 0 Å². The predicted octanol–water partition coefficient (Wildman–Crippen LogP) is 2.76. The Morgan fingerprint density at radius 3 is 3.00 bits per heavy atom. The Morgan fingerprint density at radius 1 is 1.21 bits per heavy atom. The minimum absolute atomic E-state index is 0.474. The summed E-state index contributed by atoms with van der Waals surface area (Å²) in [5, 5.41) is 4.86. The zero-order valence-corrected chi connectivity index (χ0v) is 14.3. The highest BCUT2D eigenvalue weighted by Crippen LogP contribution is 2.38. The molecular weight excluding hydrogens is 328 g/mol. The summed E-state index contributed by atoms with van der Waals surface area (Å²) in [6, 6.07) is 4.54. The maximum Gasteiger partial charge on any atom is 0.179 e. The van der Waals surface area contributed by atoms with Crippen LogP contribution < -0.4 is 9.47 Å². The van der Waals surface area contributed by atoms with Gasteiger partial charge in [0.05, 0.1) is 24.8 Å². The number of benzene rings is 1. The lowest BCUT2D eigenvalue weighted by Crippen LogP contribution is -2.32. The molecule has 1 fully saturated rings. The van der Waals surface area contributed by atoms with E-state index in [4.69, 9.17) is 21.1 Å². The van der Waals surface area contributed by atoms with Crippen LogP contribution in [0.15, 0.2) is 24.8 Å². The van der Waals surface area contributed by atoms with Gasteiger partial charge in [-0.2, -0.15) is 5.10 Å². The minimum atomic E-state index is 0.474. The molecule has 128 valence electrons. The highest BCUT2D eigenvalue weighted by atomic mass is 35.5. The van der Waals surface area contributed by atoms with Gasteiger partial charge in [0.15, 0.2) is 11.5 Å². The van der Waals surface area contributed by atoms with Gasteiger partial charge in [-0.25, -0.2) is 4.98 Å². The second-order valence-electron chi connectivity index (χ2n) is 6.34. The summed E-state index contributed by atoms with van der Waals surface area (Å²) in [5.74, 6) is 1.44. The number of hydrogen-bond acceptors (Lipinski definition) is 5. The Kier molecular flexibility index (Phi) is 4.58. The van der Waals surface area contributed by atoms with E-state index in [1.165, 1.54) is 12.8 Å². The van der Waals surface area contributed by atoms with Gasteiger partial charge in [0.25, 0.3) is 0 Å². The molecule has 6 nitrogen and oxygen atoms in total. The first-order valence-corrected chi connectivity index (χ1v) is 8.82. The van der Waals surface area contributed by atoms with E-state index >= 15 is 0 Å². The summed E-state index contributed by atoms with van der Waals surface area (Å²) in [6.07, 6.45) is 6.63. The van der Waals surface area contributed by atoms with E-state index in [1.54, 1.807) is 12.7 Å². The summed E-state index contributed by atoms with van der Waals surface area (Å²) < 4.78 is 13.4. The molecule has 0 bridgehead atoms. The smallest absolute Gasteiger partial charge is 0.179 e. The number of hydrogen-bond donors (Lipinski definition) is 0. The molecule has 0 radical (unpaired) electrons. The highest BCUT2D eigenvalue weighted by Gasteiger charge is 2.26. The molecule has 4 rings (SSSR count). The molecule has 0 amide bonds. The minimum Gasteiger partial charge on any atom is -0.489 e. The number of aromatic nitrogens is 3. The van der Waals surface area contributed by atoms with Crippen LogP contribution in [0.3, 0.4) is 0 Å². The van der Waals surface area contributed by atoms with E-state index in [-0.39, 0.29) is 0 Å². The third-order valence-corrected chi connectivity index (χ3v) is 4.89. The quantitative estimate of drug-likeness (QED) is 0.850. The van der Waals surface area contributed by atoms with Crippen LogP contribution in [0.25, 0.3) is 0 Å². The summed E-state index contributed by atoms with van der Waals surface area (Å²) in [6.45, 7) is 4.14. The topological polar surface area (TPSA) is 52.4 Å². The average Bonchev–Trinajstić information content (AvgIpc) is 3.16. The van der Waals surface area contributed by atoms with Gasteiger partial charge in [-0.3, -0.25) is 9.58 Å². The Balaban J connectivity index is 1.50. The molecule has 0 aliphatic carbocycles. The van der Waals surface area contributed by atoms with Crippen LogP contribution in [-0.2, 0) is 13.1 Å². The number of nitrogens with zero attached hydrogens (tertiary/aromatic N) is 4. The van der Waals surface area contributed by atoms with Gasteiger partial charge in [-0.05, 0) is 37.1 Å². The Bertz CT molecular complexity index is 692. The molecule has 1 aromatic carbocycles. The molecule has 2 aromatic rings. The maximum absolute atomic E-state index is 6.41. The van der Waals surface area contributed by atoms with Crippen LogP contribution in [0.4, 0.5) is 0 Å². The van der Waals surface area contributed by atoms with Gasteiger partial charge in [0.1, 0.15) is 12.7 Å². The molecule has 1 aromatic heterocycles. The fourth-order valence-electron chi connectivity index (χ4n) is 3.46. The summed E-state index contributed by atoms with van der Waals surface area (Å²) >= 11 is 6.41. The van der Waals surface area contributed by atoms with Crippen molar-refractivity contribution in [3.63, 3.8) is 0 Å². The molecule has 0 spiro atoms. The number of fused-ring (bicyclic) bond motifs is 1. The monoisotopic (exact) mass is 348 g/mol. The predicted molar refractivity (Wildman–Crippen MR) is 90.5 cm³/mol. The Morgan fingerprint density at radius 2 is 2.12 bits per heavy atom. The summed E-state index contributed by atoms with van der Waals surface area (Å²) in [4.78, 5) is 6.51. The van der Waals surface area contributed by atoms with Crippen LogP contribution in [0.2, 0.25) is 5.02 Å². The van der Waals surface area contributed by atoms with Gasteiger partial charge in [-0.1, -0.05) is 11.6 Å². The molecule has 24 heavy (non-hydrogen) atoms. The van der Waals surface area contributed by atoms with Crippen molar-refractivity contribution in [3.05, 3.63) is 35.4 Å². The first-order valence-electron chi connectivity index (χ1n) is 8.44. The fourth-order valence-corrected chi connectivity index (χ4v) is 3.75. The van der Waals surface area contributed by atoms with Crippen molar-refractivity contribution in [3.8, 4) is 11.5 Å². The lowest BCUT2D eigenvalue weighted by molar-refractivity contribution is 0.218. The highest BCUT2D eigenvalue weighted by molar-refractivity contribution is 6.32. The maximum atomic E-state index is 6.41. The lowest BCUT2D eigenvalue weighted by Gasteiger charge is -2.25. The molecule has 1 saturated heterocycles. The third kappa shape index (κ3) is 3.35. The Labute approximate surface area is 146 Å². The standard InChI is InChI=1S/C17H21ClN4O2/c18-15-7-13(8-16-17(15)24-6-2-5-23-16)9-21-4-1-3-14(21)10-22-12-19-11-20-22/h7-8,11-12,14H,1-6,9-10H2. The van der Waals surface area contributed by atoms with E-state index in [1.807, 2.05) is 10.7 Å². The van der Waals surface area contributed by atoms with E-state index in [2.05, 4.69) is 21.0 Å². The molecule has 7 heteroatoms. The molecule has 1 unspecified atom stereocenters. The van der Waals surface area contributed by atoms with Crippen molar-refractivity contribution in [1.29, 1.82) is 0 Å². The number of likely N-dealkylation sites (tertiary alicyclic amines) is 1. The second kappa shape index (κ2) is 6.99. The van der Waals surface area contributed by atoms with Crippen LogP contribution in [0.1, 0.15) is 24.8 Å². The van der Waals surface area contributed by atoms with Gasteiger partial charge in [0.2, 0.25) is 0 Å². The van der Waals surface area contributed by atoms with Crippen molar-refractivity contribution in [2.75, 3.05) is 19.8 Å². The van der Waals surface area contributed by atoms with Crippen LogP contribution in [0.5, 0.6) is 11.5 Å². The van der Waals surface area contributed by atoms with Crippen molar-refractivity contribution in [2.45, 2.75) is 38.4 Å². The second-order valence-corrected chi connectivity index (χ2v) is 6.75. The molecule has 2 aliphatic heterocycles. The summed E-state index contributed by atoms with van der Waals surface area (Å²) in [5.41, 5.74) is 1.16. The molecule has 1 atom stereocenters. The molecule has 0 saturated carbocycles. The van der Waals surface area contributed by atoms with Crippen LogP contribution >= 0.6 is 11.6 Å². The van der Waals surface area contributed by atoms with Gasteiger partial charge in [0, 0.05) is 19.0 Å². The van der Waals surface area contributed by atoms with Gasteiger partial charge in [-0.15, -0.1) is 0 Å². The zero-order valence-electron chi connectivity index (χ0n) is 13.5. The molecule has 0 N–H and O–H groups in total. The lowest BCUT2D eigenvalue weighted by atomic mass is 10.1. The van der Waals surface area contributed by atoms with E-state index < -0.39 is 0 Å². The average molecular weight is 349 g/mol. The first kappa shape index (κ1) is 15.7. The zero-order chi connectivity index (χ0) is 16.4. The van der Waals surface area contributed by atoms with E-state index in [9.17, 15) is 0 Å². The van der Waals surface area contributed by atoms with E-state index in [0.29, 0.717) is 30.0 Å². The summed E-state index contributed by atoms with van der Waals surface area (Å²) in [7, 11) is 0. The number of halogens is 1. The van der Waals surface area contributed by atoms with Crippen molar-refractivity contribution in [1.82, 2.24) is 19.7 Å². The largest absolute Gasteiger partial charge is 0.489 e. The molecule has 3 heterocycles. The van der Waals surface area contributed by atoms with Crippen molar-refractivity contribution >= 4 is 11.6 Å². The molecular formula is C17H21ClN4O2. The SMILES string of the molecule is Clc1cc(CN2CCCC2Cn2cncn2)cc2c1OCCCO2. The third-order valence-electron chi connectivity index (χ3n) is 4.61. The van der Waals surface area contributed by atoms with Crippen molar-refractivity contribution < 1.29 is 9.47 Å². The van der Waals surface area contributed by atoms with Crippen LogP contribution in [-0.4, -0.2) is 45.5 Å².